The van der Waals surface area contributed by atoms with E-state index in [4.69, 9.17) is 0 Å². The molecule has 0 saturated heterocycles. The maximum atomic E-state index is 13.3. The minimum Gasteiger partial charge on any atom is -0.346 e. The lowest BCUT2D eigenvalue weighted by Crippen LogP contribution is -2.39. The van der Waals surface area contributed by atoms with Crippen molar-refractivity contribution in [1.82, 2.24) is 19.4 Å². The standard InChI is InChI=1S/C24H24N4O/c29-24(26-20-10-6-12-22(20)27-14-13-25-17-27)23-15-19-9-4-5-11-21(19)28(23)16-18-7-2-1-3-8-18/h1-5,7-9,11,13-15,17,20,22H,6,10,12,16H2,(H,26,29)/t20-,22+/m1/s1. The number of nitrogens with zero attached hydrogens (tertiary/aromatic N) is 3. The van der Waals surface area contributed by atoms with Crippen molar-refractivity contribution in [1.29, 1.82) is 0 Å². The van der Waals surface area contributed by atoms with Crippen molar-refractivity contribution in [3.8, 4) is 0 Å². The van der Waals surface area contributed by atoms with E-state index in [9.17, 15) is 4.79 Å². The summed E-state index contributed by atoms with van der Waals surface area (Å²) >= 11 is 0. The van der Waals surface area contributed by atoms with E-state index >= 15 is 0 Å². The van der Waals surface area contributed by atoms with Crippen molar-refractivity contribution < 1.29 is 4.79 Å². The van der Waals surface area contributed by atoms with Gasteiger partial charge in [0.2, 0.25) is 0 Å². The Morgan fingerprint density at radius 1 is 1.07 bits per heavy atom. The lowest BCUT2D eigenvalue weighted by atomic mass is 10.1. The van der Waals surface area contributed by atoms with Gasteiger partial charge in [-0.05, 0) is 37.0 Å². The average molecular weight is 384 g/mol. The molecule has 0 spiro atoms. The molecule has 1 saturated carbocycles. The predicted molar refractivity (Wildman–Crippen MR) is 114 cm³/mol. The molecule has 2 heterocycles. The Balaban J connectivity index is 1.46. The van der Waals surface area contributed by atoms with Gasteiger partial charge in [0.25, 0.3) is 5.91 Å². The van der Waals surface area contributed by atoms with Crippen LogP contribution < -0.4 is 5.32 Å². The molecule has 0 unspecified atom stereocenters. The SMILES string of the molecule is O=C(N[C@@H]1CCC[C@@H]1n1ccnc1)c1cc2ccccc2n1Cc1ccccc1. The Labute approximate surface area is 170 Å². The number of rotatable bonds is 5. The van der Waals surface area contributed by atoms with E-state index in [2.05, 4.69) is 43.7 Å². The highest BCUT2D eigenvalue weighted by Crippen LogP contribution is 2.30. The number of carbonyl (C=O) groups excluding carboxylic acids is 1. The van der Waals surface area contributed by atoms with E-state index in [1.807, 2.05) is 48.9 Å². The number of hydrogen-bond acceptors (Lipinski definition) is 2. The maximum absolute atomic E-state index is 13.3. The third-order valence-electron chi connectivity index (χ3n) is 5.93. The molecule has 29 heavy (non-hydrogen) atoms. The minimum atomic E-state index is -0.00542. The highest BCUT2D eigenvalue weighted by molar-refractivity contribution is 5.99. The highest BCUT2D eigenvalue weighted by atomic mass is 16.2. The molecule has 1 aliphatic carbocycles. The first kappa shape index (κ1) is 17.7. The van der Waals surface area contributed by atoms with Gasteiger partial charge in [-0.3, -0.25) is 4.79 Å². The first-order valence-electron chi connectivity index (χ1n) is 10.2. The van der Waals surface area contributed by atoms with Crippen LogP contribution in [-0.4, -0.2) is 26.1 Å². The monoisotopic (exact) mass is 384 g/mol. The summed E-state index contributed by atoms with van der Waals surface area (Å²) in [5.41, 5.74) is 2.98. The van der Waals surface area contributed by atoms with Crippen LogP contribution in [0.5, 0.6) is 0 Å². The molecular formula is C24H24N4O. The van der Waals surface area contributed by atoms with Gasteiger partial charge in [-0.15, -0.1) is 0 Å². The summed E-state index contributed by atoms with van der Waals surface area (Å²) in [4.78, 5) is 17.5. The normalized spacial score (nSPS) is 18.9. The van der Waals surface area contributed by atoms with E-state index in [1.54, 1.807) is 6.20 Å². The largest absolute Gasteiger partial charge is 0.346 e. The molecule has 0 radical (unpaired) electrons. The Morgan fingerprint density at radius 2 is 1.90 bits per heavy atom. The molecule has 0 bridgehead atoms. The number of hydrogen-bond donors (Lipinski definition) is 1. The smallest absolute Gasteiger partial charge is 0.268 e. The Morgan fingerprint density at radius 3 is 2.72 bits per heavy atom. The predicted octanol–water partition coefficient (Wildman–Crippen LogP) is 4.41. The first-order chi connectivity index (χ1) is 14.3. The zero-order chi connectivity index (χ0) is 19.6. The molecule has 146 valence electrons. The minimum absolute atomic E-state index is 0.00542. The van der Waals surface area contributed by atoms with Gasteiger partial charge in [-0.25, -0.2) is 4.98 Å². The summed E-state index contributed by atoms with van der Waals surface area (Å²) in [6.45, 7) is 0.673. The second-order valence-electron chi connectivity index (χ2n) is 7.75. The second-order valence-corrected chi connectivity index (χ2v) is 7.75. The molecule has 5 heteroatoms. The summed E-state index contributed by atoms with van der Waals surface area (Å²) in [5, 5.41) is 4.40. The second kappa shape index (κ2) is 7.59. The number of fused-ring (bicyclic) bond motifs is 1. The van der Waals surface area contributed by atoms with E-state index in [0.29, 0.717) is 12.2 Å². The topological polar surface area (TPSA) is 51.9 Å². The highest BCUT2D eigenvalue weighted by Gasteiger charge is 2.30. The molecule has 1 N–H and O–H groups in total. The Hall–Kier alpha value is -3.34. The zero-order valence-corrected chi connectivity index (χ0v) is 16.2. The van der Waals surface area contributed by atoms with Crippen molar-refractivity contribution in [3.05, 3.63) is 90.6 Å². The summed E-state index contributed by atoms with van der Waals surface area (Å²) in [6.07, 6.45) is 8.81. The lowest BCUT2D eigenvalue weighted by molar-refractivity contribution is 0.0920. The van der Waals surface area contributed by atoms with Crippen molar-refractivity contribution in [2.75, 3.05) is 0 Å². The lowest BCUT2D eigenvalue weighted by Gasteiger charge is -2.22. The quantitative estimate of drug-likeness (QED) is 0.554. The van der Waals surface area contributed by atoms with Crippen molar-refractivity contribution in [3.63, 3.8) is 0 Å². The van der Waals surface area contributed by atoms with Gasteiger partial charge in [0.05, 0.1) is 12.4 Å². The zero-order valence-electron chi connectivity index (χ0n) is 16.2. The van der Waals surface area contributed by atoms with Crippen LogP contribution in [0.15, 0.2) is 79.4 Å². The van der Waals surface area contributed by atoms with Crippen molar-refractivity contribution >= 4 is 16.8 Å². The molecule has 2 atom stereocenters. The molecular weight excluding hydrogens is 360 g/mol. The fourth-order valence-corrected chi connectivity index (χ4v) is 4.51. The van der Waals surface area contributed by atoms with Crippen LogP contribution >= 0.6 is 0 Å². The van der Waals surface area contributed by atoms with Gasteiger partial charge in [-0.1, -0.05) is 48.5 Å². The third kappa shape index (κ3) is 3.44. The van der Waals surface area contributed by atoms with Gasteiger partial charge in [0, 0.05) is 35.9 Å². The number of nitrogens with one attached hydrogen (secondary N) is 1. The van der Waals surface area contributed by atoms with Gasteiger partial charge in [0.15, 0.2) is 0 Å². The number of aromatic nitrogens is 3. The van der Waals surface area contributed by atoms with Crippen LogP contribution in [0, 0.1) is 0 Å². The summed E-state index contributed by atoms with van der Waals surface area (Å²) in [5.74, 6) is -0.00542. The van der Waals surface area contributed by atoms with Crippen LogP contribution in [0.25, 0.3) is 10.9 Å². The van der Waals surface area contributed by atoms with Gasteiger partial charge >= 0.3 is 0 Å². The van der Waals surface area contributed by atoms with Crippen LogP contribution in [0.2, 0.25) is 0 Å². The molecule has 5 nitrogen and oxygen atoms in total. The number of imidazole rings is 1. The fraction of sp³-hybridized carbons (Fsp3) is 0.250. The molecule has 2 aromatic heterocycles. The van der Waals surface area contributed by atoms with E-state index in [-0.39, 0.29) is 18.0 Å². The summed E-state index contributed by atoms with van der Waals surface area (Å²) in [6, 6.07) is 20.9. The number of para-hydroxylation sites is 1. The van der Waals surface area contributed by atoms with Gasteiger partial charge in [-0.2, -0.15) is 0 Å². The molecule has 0 aliphatic heterocycles. The van der Waals surface area contributed by atoms with Crippen LogP contribution in [0.4, 0.5) is 0 Å². The molecule has 1 aliphatic rings. The molecule has 4 aromatic rings. The average Bonchev–Trinajstić information content (AvgIpc) is 3.49. The Bertz CT molecular complexity index is 1110. The van der Waals surface area contributed by atoms with Crippen molar-refractivity contribution in [2.45, 2.75) is 37.9 Å². The number of amides is 1. The summed E-state index contributed by atoms with van der Waals surface area (Å²) in [7, 11) is 0. The maximum Gasteiger partial charge on any atom is 0.268 e. The molecule has 5 rings (SSSR count). The molecule has 1 fully saturated rings. The first-order valence-corrected chi connectivity index (χ1v) is 10.2. The summed E-state index contributed by atoms with van der Waals surface area (Å²) < 4.78 is 4.25. The molecule has 2 aromatic carbocycles. The third-order valence-corrected chi connectivity index (χ3v) is 5.93. The van der Waals surface area contributed by atoms with Crippen molar-refractivity contribution in [2.24, 2.45) is 0 Å². The van der Waals surface area contributed by atoms with E-state index in [1.165, 1.54) is 5.56 Å². The van der Waals surface area contributed by atoms with Crippen LogP contribution in [0.3, 0.4) is 0 Å². The Kier molecular flexibility index (Phi) is 4.64. The van der Waals surface area contributed by atoms with E-state index in [0.717, 1.165) is 30.2 Å². The van der Waals surface area contributed by atoms with Gasteiger partial charge in [0.1, 0.15) is 5.69 Å². The van der Waals surface area contributed by atoms with E-state index < -0.39 is 0 Å². The molecule has 1 amide bonds. The van der Waals surface area contributed by atoms with Crippen LogP contribution in [0.1, 0.15) is 41.4 Å². The fourth-order valence-electron chi connectivity index (χ4n) is 4.51. The number of carbonyl (C=O) groups is 1. The number of benzene rings is 2. The van der Waals surface area contributed by atoms with Gasteiger partial charge < -0.3 is 14.5 Å². The van der Waals surface area contributed by atoms with Crippen LogP contribution in [-0.2, 0) is 6.54 Å².